The van der Waals surface area contributed by atoms with E-state index in [1.54, 1.807) is 12.1 Å². The van der Waals surface area contributed by atoms with Gasteiger partial charge in [-0.1, -0.05) is 25.4 Å². The van der Waals surface area contributed by atoms with Crippen LogP contribution in [0.15, 0.2) is 12.1 Å². The molecule has 1 aromatic rings. The SMILES string of the molecule is CC(C)COCCCNc1cc(C#N)cc(Cl)n1. The molecule has 0 aliphatic heterocycles. The second-order valence-corrected chi connectivity index (χ2v) is 4.81. The van der Waals surface area contributed by atoms with Crippen molar-refractivity contribution in [2.45, 2.75) is 20.3 Å². The molecule has 0 radical (unpaired) electrons. The lowest BCUT2D eigenvalue weighted by molar-refractivity contribution is 0.110. The number of anilines is 1. The van der Waals surface area contributed by atoms with Crippen LogP contribution >= 0.6 is 11.6 Å². The van der Waals surface area contributed by atoms with Gasteiger partial charge in [0.1, 0.15) is 11.0 Å². The van der Waals surface area contributed by atoms with Gasteiger partial charge >= 0.3 is 0 Å². The fourth-order valence-corrected chi connectivity index (χ4v) is 1.57. The van der Waals surface area contributed by atoms with Gasteiger partial charge in [-0.2, -0.15) is 5.26 Å². The summed E-state index contributed by atoms with van der Waals surface area (Å²) in [7, 11) is 0. The summed E-state index contributed by atoms with van der Waals surface area (Å²) in [5, 5.41) is 12.2. The molecule has 0 saturated heterocycles. The molecule has 0 aliphatic carbocycles. The van der Waals surface area contributed by atoms with E-state index in [-0.39, 0.29) is 0 Å². The third-order valence-corrected chi connectivity index (χ3v) is 2.34. The van der Waals surface area contributed by atoms with Crippen LogP contribution in [0.2, 0.25) is 5.15 Å². The topological polar surface area (TPSA) is 57.9 Å². The standard InChI is InChI=1S/C13H18ClN3O/c1-10(2)9-18-5-3-4-16-13-7-11(8-15)6-12(14)17-13/h6-7,10H,3-5,9H2,1-2H3,(H,16,17). The molecule has 5 heteroatoms. The second-order valence-electron chi connectivity index (χ2n) is 4.42. The van der Waals surface area contributed by atoms with Crippen molar-refractivity contribution in [2.75, 3.05) is 25.1 Å². The zero-order valence-electron chi connectivity index (χ0n) is 10.7. The molecule has 18 heavy (non-hydrogen) atoms. The van der Waals surface area contributed by atoms with Crippen LogP contribution < -0.4 is 5.32 Å². The first-order valence-electron chi connectivity index (χ1n) is 6.01. The predicted octanol–water partition coefficient (Wildman–Crippen LogP) is 3.08. The number of hydrogen-bond donors (Lipinski definition) is 1. The fraction of sp³-hybridized carbons (Fsp3) is 0.538. The Bertz CT molecular complexity index is 415. The summed E-state index contributed by atoms with van der Waals surface area (Å²) >= 11 is 5.80. The van der Waals surface area contributed by atoms with E-state index in [0.717, 1.165) is 26.2 Å². The first-order chi connectivity index (χ1) is 8.61. The van der Waals surface area contributed by atoms with E-state index in [4.69, 9.17) is 21.6 Å². The third kappa shape index (κ3) is 5.85. The van der Waals surface area contributed by atoms with Gasteiger partial charge in [0.25, 0.3) is 0 Å². The van der Waals surface area contributed by atoms with Crippen molar-refractivity contribution in [1.82, 2.24) is 4.98 Å². The van der Waals surface area contributed by atoms with E-state index in [2.05, 4.69) is 24.1 Å². The van der Waals surface area contributed by atoms with E-state index in [1.807, 2.05) is 6.07 Å². The highest BCUT2D eigenvalue weighted by Gasteiger charge is 2.00. The van der Waals surface area contributed by atoms with Crippen LogP contribution in [0.4, 0.5) is 5.82 Å². The Morgan fingerprint density at radius 1 is 1.50 bits per heavy atom. The number of ether oxygens (including phenoxy) is 1. The molecule has 0 atom stereocenters. The average molecular weight is 268 g/mol. The molecule has 98 valence electrons. The lowest BCUT2D eigenvalue weighted by atomic mass is 10.2. The molecule has 1 N–H and O–H groups in total. The molecule has 1 heterocycles. The molecule has 0 aromatic carbocycles. The highest BCUT2D eigenvalue weighted by atomic mass is 35.5. The summed E-state index contributed by atoms with van der Waals surface area (Å²) in [6, 6.07) is 5.26. The first-order valence-corrected chi connectivity index (χ1v) is 6.39. The number of nitrogens with zero attached hydrogens (tertiary/aromatic N) is 2. The molecule has 0 spiro atoms. The normalized spacial score (nSPS) is 10.4. The minimum atomic E-state index is 0.326. The van der Waals surface area contributed by atoms with Gasteiger partial charge in [0, 0.05) is 19.8 Å². The van der Waals surface area contributed by atoms with Crippen LogP contribution in [-0.2, 0) is 4.74 Å². The Balaban J connectivity index is 2.27. The summed E-state index contributed by atoms with van der Waals surface area (Å²) in [4.78, 5) is 4.09. The molecular formula is C13H18ClN3O. The summed E-state index contributed by atoms with van der Waals surface area (Å²) in [6.45, 7) is 6.50. The van der Waals surface area contributed by atoms with Gasteiger partial charge in [-0.05, 0) is 24.5 Å². The van der Waals surface area contributed by atoms with Crippen LogP contribution in [-0.4, -0.2) is 24.7 Å². The second kappa shape index (κ2) is 7.91. The number of rotatable bonds is 7. The van der Waals surface area contributed by atoms with Crippen molar-refractivity contribution in [3.63, 3.8) is 0 Å². The first kappa shape index (κ1) is 14.7. The summed E-state index contributed by atoms with van der Waals surface area (Å²) < 4.78 is 5.46. The van der Waals surface area contributed by atoms with E-state index in [0.29, 0.717) is 22.5 Å². The lowest BCUT2D eigenvalue weighted by Crippen LogP contribution is -2.09. The summed E-state index contributed by atoms with van der Waals surface area (Å²) in [5.41, 5.74) is 0.508. The quantitative estimate of drug-likeness (QED) is 0.609. The fourth-order valence-electron chi connectivity index (χ4n) is 1.36. The van der Waals surface area contributed by atoms with Crippen LogP contribution in [0.1, 0.15) is 25.8 Å². The van der Waals surface area contributed by atoms with Crippen LogP contribution in [0, 0.1) is 17.2 Å². The van der Waals surface area contributed by atoms with Gasteiger partial charge in [0.15, 0.2) is 0 Å². The van der Waals surface area contributed by atoms with Gasteiger partial charge in [-0.3, -0.25) is 0 Å². The Labute approximate surface area is 113 Å². The van der Waals surface area contributed by atoms with Gasteiger partial charge in [0.2, 0.25) is 0 Å². The van der Waals surface area contributed by atoms with E-state index in [1.165, 1.54) is 0 Å². The molecule has 0 unspecified atom stereocenters. The van der Waals surface area contributed by atoms with Crippen molar-refractivity contribution in [3.8, 4) is 6.07 Å². The average Bonchev–Trinajstić information content (AvgIpc) is 2.32. The molecular weight excluding hydrogens is 250 g/mol. The van der Waals surface area contributed by atoms with E-state index < -0.39 is 0 Å². The highest BCUT2D eigenvalue weighted by molar-refractivity contribution is 6.29. The maximum absolute atomic E-state index is 8.80. The number of halogens is 1. The number of nitrogens with one attached hydrogen (secondary N) is 1. The number of aromatic nitrogens is 1. The van der Waals surface area contributed by atoms with Crippen molar-refractivity contribution in [1.29, 1.82) is 5.26 Å². The van der Waals surface area contributed by atoms with Crippen molar-refractivity contribution < 1.29 is 4.74 Å². The largest absolute Gasteiger partial charge is 0.381 e. The Hall–Kier alpha value is -1.31. The van der Waals surface area contributed by atoms with E-state index in [9.17, 15) is 0 Å². The molecule has 1 rings (SSSR count). The van der Waals surface area contributed by atoms with Crippen LogP contribution in [0.5, 0.6) is 0 Å². The monoisotopic (exact) mass is 267 g/mol. The zero-order chi connectivity index (χ0) is 13.4. The number of nitriles is 1. The maximum Gasteiger partial charge on any atom is 0.132 e. The maximum atomic E-state index is 8.80. The Morgan fingerprint density at radius 3 is 2.94 bits per heavy atom. The minimum Gasteiger partial charge on any atom is -0.381 e. The highest BCUT2D eigenvalue weighted by Crippen LogP contribution is 2.13. The zero-order valence-corrected chi connectivity index (χ0v) is 11.5. The third-order valence-electron chi connectivity index (χ3n) is 2.15. The van der Waals surface area contributed by atoms with Crippen molar-refractivity contribution in [2.24, 2.45) is 5.92 Å². The molecule has 0 fully saturated rings. The summed E-state index contributed by atoms with van der Waals surface area (Å²) in [5.74, 6) is 1.19. The Morgan fingerprint density at radius 2 is 2.28 bits per heavy atom. The van der Waals surface area contributed by atoms with Crippen molar-refractivity contribution in [3.05, 3.63) is 22.8 Å². The summed E-state index contributed by atoms with van der Waals surface area (Å²) in [6.07, 6.45) is 0.892. The molecule has 1 aromatic heterocycles. The lowest BCUT2D eigenvalue weighted by Gasteiger charge is -2.08. The van der Waals surface area contributed by atoms with Gasteiger partial charge < -0.3 is 10.1 Å². The van der Waals surface area contributed by atoms with Gasteiger partial charge in [-0.15, -0.1) is 0 Å². The molecule has 0 saturated carbocycles. The van der Waals surface area contributed by atoms with E-state index >= 15 is 0 Å². The molecule has 4 nitrogen and oxygen atoms in total. The number of pyridine rings is 1. The van der Waals surface area contributed by atoms with Crippen molar-refractivity contribution >= 4 is 17.4 Å². The van der Waals surface area contributed by atoms with Gasteiger partial charge in [0.05, 0.1) is 11.6 Å². The van der Waals surface area contributed by atoms with Crippen LogP contribution in [0.3, 0.4) is 0 Å². The Kier molecular flexibility index (Phi) is 6.48. The molecule has 0 amide bonds. The minimum absolute atomic E-state index is 0.326. The number of hydrogen-bond acceptors (Lipinski definition) is 4. The van der Waals surface area contributed by atoms with Crippen LogP contribution in [0.25, 0.3) is 0 Å². The predicted molar refractivity (Wildman–Crippen MR) is 72.7 cm³/mol. The van der Waals surface area contributed by atoms with Gasteiger partial charge in [-0.25, -0.2) is 4.98 Å². The smallest absolute Gasteiger partial charge is 0.132 e. The molecule has 0 aliphatic rings. The molecule has 0 bridgehead atoms.